The van der Waals surface area contributed by atoms with Crippen molar-refractivity contribution >= 4 is 40.4 Å². The minimum Gasteiger partial charge on any atom is -0.486 e. The molecule has 3 heterocycles. The van der Waals surface area contributed by atoms with Crippen LogP contribution in [0.2, 0.25) is 10.0 Å². The van der Waals surface area contributed by atoms with E-state index in [4.69, 9.17) is 37.7 Å². The van der Waals surface area contributed by atoms with Gasteiger partial charge in [0.25, 0.3) is 5.91 Å². The minimum absolute atomic E-state index is 0.0265. The van der Waals surface area contributed by atoms with Crippen LogP contribution >= 0.6 is 34.5 Å². The minimum atomic E-state index is -0.0265. The summed E-state index contributed by atoms with van der Waals surface area (Å²) in [5.41, 5.74) is 3.39. The normalized spacial score (nSPS) is 16.1. The number of carbonyl (C=O) groups excluding carboxylic acids is 1. The lowest BCUT2D eigenvalue weighted by Crippen LogP contribution is -2.29. The van der Waals surface area contributed by atoms with Crippen molar-refractivity contribution in [1.29, 1.82) is 0 Å². The zero-order chi connectivity index (χ0) is 27.1. The summed E-state index contributed by atoms with van der Waals surface area (Å²) in [4.78, 5) is 18.1. The number of aromatic nitrogens is 2. The van der Waals surface area contributed by atoms with Gasteiger partial charge >= 0.3 is 0 Å². The Balaban J connectivity index is 1.53. The van der Waals surface area contributed by atoms with E-state index in [9.17, 15) is 4.79 Å². The summed E-state index contributed by atoms with van der Waals surface area (Å²) in [5.74, 6) is 1.07. The highest BCUT2D eigenvalue weighted by atomic mass is 35.5. The second-order valence-electron chi connectivity index (χ2n) is 9.92. The van der Waals surface area contributed by atoms with E-state index in [1.54, 1.807) is 18.2 Å². The topological polar surface area (TPSA) is 65.4 Å². The first-order valence-corrected chi connectivity index (χ1v) is 15.1. The quantitative estimate of drug-likeness (QED) is 0.224. The first-order valence-electron chi connectivity index (χ1n) is 13.5. The molecule has 2 aromatic heterocycles. The fourth-order valence-electron chi connectivity index (χ4n) is 4.84. The van der Waals surface area contributed by atoms with Gasteiger partial charge in [-0.25, -0.2) is 4.98 Å². The molecule has 1 aliphatic heterocycles. The molecule has 2 atom stereocenters. The molecule has 0 spiro atoms. The number of amides is 1. The number of carbonyl (C=O) groups is 1. The number of unbranched alkanes of at least 4 members (excludes halogenated alkanes) is 1. The average molecular weight is 579 g/mol. The third-order valence-electron chi connectivity index (χ3n) is 7.13. The maximum Gasteiger partial charge on any atom is 0.253 e. The number of thiazole rings is 1. The third kappa shape index (κ3) is 7.53. The highest BCUT2D eigenvalue weighted by Crippen LogP contribution is 2.30. The van der Waals surface area contributed by atoms with Crippen LogP contribution in [-0.4, -0.2) is 34.7 Å². The smallest absolute Gasteiger partial charge is 0.253 e. The summed E-state index contributed by atoms with van der Waals surface area (Å²) in [6.45, 7) is 8.90. The molecule has 0 bridgehead atoms. The molecule has 3 aromatic rings. The molecule has 1 N–H and O–H groups in total. The van der Waals surface area contributed by atoms with Gasteiger partial charge in [0.15, 0.2) is 0 Å². The van der Waals surface area contributed by atoms with Crippen molar-refractivity contribution in [2.45, 2.75) is 78.6 Å². The van der Waals surface area contributed by atoms with Crippen molar-refractivity contribution in [2.75, 3.05) is 13.2 Å². The molecule has 9 heteroatoms. The number of nitrogens with zero attached hydrogens (tertiary/aromatic N) is 2. The zero-order valence-electron chi connectivity index (χ0n) is 22.4. The van der Waals surface area contributed by atoms with E-state index < -0.39 is 0 Å². The van der Waals surface area contributed by atoms with Crippen molar-refractivity contribution in [3.63, 3.8) is 0 Å². The van der Waals surface area contributed by atoms with Crippen molar-refractivity contribution < 1.29 is 14.3 Å². The lowest BCUT2D eigenvalue weighted by Gasteiger charge is -2.16. The van der Waals surface area contributed by atoms with Crippen molar-refractivity contribution in [2.24, 2.45) is 5.92 Å². The first kappa shape index (κ1) is 28.9. The van der Waals surface area contributed by atoms with Crippen LogP contribution in [0.4, 0.5) is 0 Å². The van der Waals surface area contributed by atoms with E-state index in [1.807, 2.05) is 18.4 Å². The highest BCUT2D eigenvalue weighted by Gasteiger charge is 2.24. The molecule has 4 rings (SSSR count). The lowest BCUT2D eigenvalue weighted by atomic mass is 9.99. The van der Waals surface area contributed by atoms with Crippen molar-refractivity contribution in [3.05, 3.63) is 56.0 Å². The van der Waals surface area contributed by atoms with Gasteiger partial charge in [0.2, 0.25) is 0 Å². The SMILES string of the molecule is CCCCC(CC)CNC(=O)c1cc(-c2csc(COc3cc(Cl)cc(Cl)c3)n2)n(CC2CCCO2)c1C. The molecule has 1 amide bonds. The molecule has 0 aliphatic carbocycles. The number of ether oxygens (including phenoxy) is 2. The monoisotopic (exact) mass is 577 g/mol. The van der Waals surface area contributed by atoms with E-state index in [-0.39, 0.29) is 12.0 Å². The fraction of sp³-hybridized carbons (Fsp3) is 0.517. The Labute approximate surface area is 239 Å². The predicted molar refractivity (Wildman–Crippen MR) is 156 cm³/mol. The lowest BCUT2D eigenvalue weighted by molar-refractivity contribution is 0.0935. The molecule has 1 aliphatic rings. The predicted octanol–water partition coefficient (Wildman–Crippen LogP) is 7.93. The Bertz CT molecular complexity index is 1200. The summed E-state index contributed by atoms with van der Waals surface area (Å²) in [6.07, 6.45) is 6.80. The molecule has 0 saturated carbocycles. The van der Waals surface area contributed by atoms with Gasteiger partial charge in [-0.15, -0.1) is 11.3 Å². The van der Waals surface area contributed by atoms with Gasteiger partial charge in [-0.1, -0.05) is 56.3 Å². The van der Waals surface area contributed by atoms with E-state index in [0.29, 0.717) is 47.0 Å². The Morgan fingerprint density at radius 2 is 2.05 bits per heavy atom. The van der Waals surface area contributed by atoms with Crippen LogP contribution in [0.25, 0.3) is 11.4 Å². The molecule has 1 fully saturated rings. The standard InChI is InChI=1S/C29H37Cl2N3O3S/c1-4-6-8-20(5-2)15-32-29(35)25-14-27(34(19(25)3)16-23-9-7-10-36-23)26-18-38-28(33-26)17-37-24-12-21(30)11-22(31)13-24/h11-14,18,20,23H,4-10,15-17H2,1-3H3,(H,32,35). The van der Waals surface area contributed by atoms with Crippen LogP contribution < -0.4 is 10.1 Å². The summed E-state index contributed by atoms with van der Waals surface area (Å²) in [5, 5.41) is 7.09. The molecule has 6 nitrogen and oxygen atoms in total. The maximum atomic E-state index is 13.3. The molecule has 2 unspecified atom stereocenters. The van der Waals surface area contributed by atoms with Gasteiger partial charge in [-0.2, -0.15) is 0 Å². The summed E-state index contributed by atoms with van der Waals surface area (Å²) in [6, 6.07) is 7.11. The molecular weight excluding hydrogens is 541 g/mol. The van der Waals surface area contributed by atoms with Crippen LogP contribution in [0.5, 0.6) is 5.75 Å². The van der Waals surface area contributed by atoms with Gasteiger partial charge in [-0.3, -0.25) is 4.79 Å². The largest absolute Gasteiger partial charge is 0.486 e. The number of hydrogen-bond donors (Lipinski definition) is 1. The van der Waals surface area contributed by atoms with E-state index in [1.165, 1.54) is 24.2 Å². The third-order valence-corrected chi connectivity index (χ3v) is 8.39. The average Bonchev–Trinajstić information content (AvgIpc) is 3.64. The molecule has 206 valence electrons. The number of halogens is 2. The molecule has 0 radical (unpaired) electrons. The van der Waals surface area contributed by atoms with Crippen LogP contribution in [-0.2, 0) is 17.9 Å². The highest BCUT2D eigenvalue weighted by molar-refractivity contribution is 7.09. The Kier molecular flexibility index (Phi) is 10.5. The molecular formula is C29H37Cl2N3O3S. The summed E-state index contributed by atoms with van der Waals surface area (Å²) >= 11 is 13.7. The summed E-state index contributed by atoms with van der Waals surface area (Å²) < 4.78 is 14.0. The van der Waals surface area contributed by atoms with Crippen LogP contribution in [0.1, 0.15) is 73.4 Å². The maximum absolute atomic E-state index is 13.3. The van der Waals surface area contributed by atoms with E-state index in [0.717, 1.165) is 54.4 Å². The van der Waals surface area contributed by atoms with E-state index in [2.05, 4.69) is 23.7 Å². The van der Waals surface area contributed by atoms with Crippen LogP contribution in [0, 0.1) is 12.8 Å². The van der Waals surface area contributed by atoms with Gasteiger partial charge in [-0.05, 0) is 56.4 Å². The zero-order valence-corrected chi connectivity index (χ0v) is 24.7. The van der Waals surface area contributed by atoms with Gasteiger partial charge in [0.1, 0.15) is 17.4 Å². The Morgan fingerprint density at radius 3 is 2.74 bits per heavy atom. The molecule has 38 heavy (non-hydrogen) atoms. The summed E-state index contributed by atoms with van der Waals surface area (Å²) in [7, 11) is 0. The van der Waals surface area contributed by atoms with Crippen LogP contribution in [0.15, 0.2) is 29.6 Å². The number of hydrogen-bond acceptors (Lipinski definition) is 5. The number of rotatable bonds is 13. The first-order chi connectivity index (χ1) is 18.4. The number of nitrogens with one attached hydrogen (secondary N) is 1. The van der Waals surface area contributed by atoms with Gasteiger partial charge in [0, 0.05) is 40.8 Å². The Morgan fingerprint density at radius 1 is 1.26 bits per heavy atom. The second kappa shape index (κ2) is 13.8. The molecule has 1 aromatic carbocycles. The van der Waals surface area contributed by atoms with Crippen molar-refractivity contribution in [1.82, 2.24) is 14.9 Å². The van der Waals surface area contributed by atoms with Crippen LogP contribution in [0.3, 0.4) is 0 Å². The van der Waals surface area contributed by atoms with Gasteiger partial charge < -0.3 is 19.4 Å². The second-order valence-corrected chi connectivity index (χ2v) is 11.7. The van der Waals surface area contributed by atoms with Crippen molar-refractivity contribution in [3.8, 4) is 17.1 Å². The van der Waals surface area contributed by atoms with Gasteiger partial charge in [0.05, 0.1) is 23.1 Å². The molecule has 1 saturated heterocycles. The Hall–Kier alpha value is -2.06. The number of benzene rings is 1. The fourth-order valence-corrected chi connectivity index (χ4v) is 6.05. The van der Waals surface area contributed by atoms with E-state index >= 15 is 0 Å².